The Bertz CT molecular complexity index is 403. The standard InChI is InChI=1S/C14H21NO2/c1-9-7-12(13(16-4)8-10(9)2)14-11(3)17-6-5-15-14/h7-8,11,14-15H,5-6H2,1-4H3. The molecule has 94 valence electrons. The van der Waals surface area contributed by atoms with Gasteiger partial charge in [-0.15, -0.1) is 0 Å². The molecule has 1 N–H and O–H groups in total. The third-order valence-electron chi connectivity index (χ3n) is 3.50. The molecule has 2 rings (SSSR count). The third kappa shape index (κ3) is 2.45. The predicted molar refractivity (Wildman–Crippen MR) is 68.6 cm³/mol. The largest absolute Gasteiger partial charge is 0.496 e. The van der Waals surface area contributed by atoms with Gasteiger partial charge in [0.1, 0.15) is 5.75 Å². The Kier molecular flexibility index (Phi) is 3.69. The quantitative estimate of drug-likeness (QED) is 0.853. The van der Waals surface area contributed by atoms with Crippen LogP contribution in [-0.2, 0) is 4.74 Å². The van der Waals surface area contributed by atoms with Crippen LogP contribution in [0.15, 0.2) is 12.1 Å². The maximum absolute atomic E-state index is 5.70. The molecule has 1 fully saturated rings. The molecule has 0 aliphatic carbocycles. The van der Waals surface area contributed by atoms with Crippen LogP contribution >= 0.6 is 0 Å². The van der Waals surface area contributed by atoms with E-state index in [0.29, 0.717) is 0 Å². The van der Waals surface area contributed by atoms with Crippen molar-refractivity contribution in [1.29, 1.82) is 0 Å². The molecular weight excluding hydrogens is 214 g/mol. The molecule has 3 nitrogen and oxygen atoms in total. The van der Waals surface area contributed by atoms with E-state index in [-0.39, 0.29) is 12.1 Å². The Morgan fingerprint density at radius 1 is 1.29 bits per heavy atom. The highest BCUT2D eigenvalue weighted by molar-refractivity contribution is 5.44. The molecule has 0 saturated carbocycles. The molecule has 1 saturated heterocycles. The fraction of sp³-hybridized carbons (Fsp3) is 0.571. The summed E-state index contributed by atoms with van der Waals surface area (Å²) < 4.78 is 11.2. The zero-order chi connectivity index (χ0) is 12.4. The number of hydrogen-bond donors (Lipinski definition) is 1. The van der Waals surface area contributed by atoms with Crippen molar-refractivity contribution in [1.82, 2.24) is 5.32 Å². The highest BCUT2D eigenvalue weighted by atomic mass is 16.5. The lowest BCUT2D eigenvalue weighted by atomic mass is 9.96. The lowest BCUT2D eigenvalue weighted by molar-refractivity contribution is 0.00694. The molecule has 0 radical (unpaired) electrons. The van der Waals surface area contributed by atoms with E-state index in [4.69, 9.17) is 9.47 Å². The van der Waals surface area contributed by atoms with Gasteiger partial charge in [-0.1, -0.05) is 6.07 Å². The van der Waals surface area contributed by atoms with E-state index < -0.39 is 0 Å². The van der Waals surface area contributed by atoms with Crippen molar-refractivity contribution in [2.45, 2.75) is 32.9 Å². The van der Waals surface area contributed by atoms with Crippen LogP contribution in [0.5, 0.6) is 5.75 Å². The molecule has 0 aromatic heterocycles. The average Bonchev–Trinajstić information content (AvgIpc) is 2.33. The van der Waals surface area contributed by atoms with Gasteiger partial charge in [0.25, 0.3) is 0 Å². The van der Waals surface area contributed by atoms with Gasteiger partial charge in [-0.25, -0.2) is 0 Å². The van der Waals surface area contributed by atoms with Crippen LogP contribution in [0, 0.1) is 13.8 Å². The topological polar surface area (TPSA) is 30.5 Å². The zero-order valence-electron chi connectivity index (χ0n) is 11.0. The Morgan fingerprint density at radius 2 is 2.00 bits per heavy atom. The molecule has 3 heteroatoms. The van der Waals surface area contributed by atoms with Crippen molar-refractivity contribution in [3.05, 3.63) is 28.8 Å². The number of rotatable bonds is 2. The third-order valence-corrected chi connectivity index (χ3v) is 3.50. The van der Waals surface area contributed by atoms with Crippen LogP contribution in [-0.4, -0.2) is 26.4 Å². The van der Waals surface area contributed by atoms with E-state index in [1.165, 1.54) is 16.7 Å². The highest BCUT2D eigenvalue weighted by Gasteiger charge is 2.26. The molecule has 2 unspecified atom stereocenters. The average molecular weight is 235 g/mol. The van der Waals surface area contributed by atoms with E-state index in [2.05, 4.69) is 38.2 Å². The SMILES string of the molecule is COc1cc(C)c(C)cc1C1NCCOC1C. The second-order valence-corrected chi connectivity index (χ2v) is 4.69. The van der Waals surface area contributed by atoms with Crippen molar-refractivity contribution >= 4 is 0 Å². The lowest BCUT2D eigenvalue weighted by Gasteiger charge is -2.32. The summed E-state index contributed by atoms with van der Waals surface area (Å²) >= 11 is 0. The number of aryl methyl sites for hydroxylation is 2. The molecular formula is C14H21NO2. The first-order chi connectivity index (χ1) is 8.13. The smallest absolute Gasteiger partial charge is 0.124 e. The fourth-order valence-corrected chi connectivity index (χ4v) is 2.32. The van der Waals surface area contributed by atoms with Crippen LogP contribution in [0.4, 0.5) is 0 Å². The van der Waals surface area contributed by atoms with Gasteiger partial charge >= 0.3 is 0 Å². The molecule has 1 aliphatic rings. The summed E-state index contributed by atoms with van der Waals surface area (Å²) in [5, 5.41) is 3.50. The highest BCUT2D eigenvalue weighted by Crippen LogP contribution is 2.32. The van der Waals surface area contributed by atoms with Crippen molar-refractivity contribution < 1.29 is 9.47 Å². The summed E-state index contributed by atoms with van der Waals surface area (Å²) in [6.07, 6.45) is 0.180. The molecule has 0 spiro atoms. The van der Waals surface area contributed by atoms with E-state index >= 15 is 0 Å². The first-order valence-corrected chi connectivity index (χ1v) is 6.13. The number of methoxy groups -OCH3 is 1. The molecule has 17 heavy (non-hydrogen) atoms. The first kappa shape index (κ1) is 12.4. The number of morpholine rings is 1. The van der Waals surface area contributed by atoms with Gasteiger partial charge in [-0.3, -0.25) is 0 Å². The van der Waals surface area contributed by atoms with Crippen LogP contribution < -0.4 is 10.1 Å². The molecule has 1 aromatic carbocycles. The van der Waals surface area contributed by atoms with Crippen LogP contribution in [0.2, 0.25) is 0 Å². The molecule has 0 amide bonds. The van der Waals surface area contributed by atoms with Crippen LogP contribution in [0.3, 0.4) is 0 Å². The Balaban J connectivity index is 2.38. The van der Waals surface area contributed by atoms with E-state index in [1.807, 2.05) is 0 Å². The second-order valence-electron chi connectivity index (χ2n) is 4.69. The minimum Gasteiger partial charge on any atom is -0.496 e. The molecule has 2 atom stereocenters. The number of hydrogen-bond acceptors (Lipinski definition) is 3. The monoisotopic (exact) mass is 235 g/mol. The van der Waals surface area contributed by atoms with Crippen molar-refractivity contribution in [2.75, 3.05) is 20.3 Å². The number of nitrogens with one attached hydrogen (secondary N) is 1. The first-order valence-electron chi connectivity index (χ1n) is 6.13. The minimum absolute atomic E-state index is 0.180. The minimum atomic E-state index is 0.180. The van der Waals surface area contributed by atoms with E-state index in [9.17, 15) is 0 Å². The second kappa shape index (κ2) is 5.07. The van der Waals surface area contributed by atoms with Gasteiger partial charge in [-0.2, -0.15) is 0 Å². The molecule has 1 heterocycles. The summed E-state index contributed by atoms with van der Waals surface area (Å²) in [5.74, 6) is 0.947. The van der Waals surface area contributed by atoms with Crippen molar-refractivity contribution in [3.63, 3.8) is 0 Å². The van der Waals surface area contributed by atoms with Gasteiger partial charge in [-0.05, 0) is 38.0 Å². The Hall–Kier alpha value is -1.06. The number of ether oxygens (including phenoxy) is 2. The Labute approximate surface area is 103 Å². The summed E-state index contributed by atoms with van der Waals surface area (Å²) in [6, 6.07) is 4.53. The van der Waals surface area contributed by atoms with Crippen LogP contribution in [0.25, 0.3) is 0 Å². The summed E-state index contributed by atoms with van der Waals surface area (Å²) in [5.41, 5.74) is 3.75. The van der Waals surface area contributed by atoms with Gasteiger partial charge in [0.15, 0.2) is 0 Å². The van der Waals surface area contributed by atoms with Gasteiger partial charge in [0, 0.05) is 12.1 Å². The molecule has 1 aromatic rings. The zero-order valence-corrected chi connectivity index (χ0v) is 11.0. The van der Waals surface area contributed by atoms with Gasteiger partial charge < -0.3 is 14.8 Å². The van der Waals surface area contributed by atoms with Gasteiger partial charge in [0.2, 0.25) is 0 Å². The van der Waals surface area contributed by atoms with Gasteiger partial charge in [0.05, 0.1) is 25.9 Å². The molecule has 0 bridgehead atoms. The summed E-state index contributed by atoms with van der Waals surface area (Å²) in [6.45, 7) is 8.02. The van der Waals surface area contributed by atoms with Crippen molar-refractivity contribution in [3.8, 4) is 5.75 Å². The van der Waals surface area contributed by atoms with E-state index in [0.717, 1.165) is 18.9 Å². The Morgan fingerprint density at radius 3 is 2.65 bits per heavy atom. The van der Waals surface area contributed by atoms with Crippen LogP contribution in [0.1, 0.15) is 29.7 Å². The summed E-state index contributed by atoms with van der Waals surface area (Å²) in [4.78, 5) is 0. The maximum Gasteiger partial charge on any atom is 0.124 e. The number of benzene rings is 1. The van der Waals surface area contributed by atoms with E-state index in [1.54, 1.807) is 7.11 Å². The normalized spacial score (nSPS) is 24.7. The summed E-state index contributed by atoms with van der Waals surface area (Å²) in [7, 11) is 1.72. The fourth-order valence-electron chi connectivity index (χ4n) is 2.32. The lowest BCUT2D eigenvalue weighted by Crippen LogP contribution is -2.40. The van der Waals surface area contributed by atoms with Crippen molar-refractivity contribution in [2.24, 2.45) is 0 Å². The maximum atomic E-state index is 5.70. The molecule has 1 aliphatic heterocycles. The predicted octanol–water partition coefficient (Wildman–Crippen LogP) is 2.36.